The Bertz CT molecular complexity index is 614. The smallest absolute Gasteiger partial charge is 0.240 e. The van der Waals surface area contributed by atoms with E-state index in [4.69, 9.17) is 12.2 Å². The van der Waals surface area contributed by atoms with Gasteiger partial charge in [0.15, 0.2) is 5.11 Å². The van der Waals surface area contributed by atoms with Crippen molar-refractivity contribution in [3.05, 3.63) is 24.3 Å². The van der Waals surface area contributed by atoms with Gasteiger partial charge in [0.2, 0.25) is 10.0 Å². The zero-order chi connectivity index (χ0) is 16.2. The third kappa shape index (κ3) is 4.18. The van der Waals surface area contributed by atoms with Gasteiger partial charge >= 0.3 is 0 Å². The number of sulfonamides is 1. The van der Waals surface area contributed by atoms with Gasteiger partial charge in [-0.1, -0.05) is 6.92 Å². The molecule has 1 heterocycles. The van der Waals surface area contributed by atoms with Crippen LogP contribution in [-0.4, -0.2) is 37.6 Å². The Morgan fingerprint density at radius 1 is 1.32 bits per heavy atom. The summed E-state index contributed by atoms with van der Waals surface area (Å²) in [6.45, 7) is 5.28. The molecule has 0 aliphatic carbocycles. The number of nitrogens with zero attached hydrogens (tertiary/aromatic N) is 1. The highest BCUT2D eigenvalue weighted by Crippen LogP contribution is 2.19. The molecule has 0 amide bonds. The van der Waals surface area contributed by atoms with E-state index >= 15 is 0 Å². The second-order valence-corrected chi connectivity index (χ2v) is 7.65. The van der Waals surface area contributed by atoms with Crippen LogP contribution in [0.15, 0.2) is 29.2 Å². The van der Waals surface area contributed by atoms with Gasteiger partial charge in [-0.3, -0.25) is 0 Å². The number of benzene rings is 1. The lowest BCUT2D eigenvalue weighted by Crippen LogP contribution is -2.44. The van der Waals surface area contributed by atoms with Crippen molar-refractivity contribution in [3.63, 3.8) is 0 Å². The summed E-state index contributed by atoms with van der Waals surface area (Å²) in [7, 11) is -3.41. The minimum atomic E-state index is -3.41. The number of thiocarbonyl (C=S) groups is 1. The molecule has 122 valence electrons. The molecule has 22 heavy (non-hydrogen) atoms. The van der Waals surface area contributed by atoms with Crippen LogP contribution in [0.3, 0.4) is 0 Å². The van der Waals surface area contributed by atoms with Gasteiger partial charge in [0.25, 0.3) is 0 Å². The SMILES string of the molecule is CCNS(=O)(=O)c1ccc(NC(=S)N2CCCC[C@H]2C)cc1. The van der Waals surface area contributed by atoms with E-state index in [-0.39, 0.29) is 4.90 Å². The molecule has 2 rings (SSSR count). The maximum Gasteiger partial charge on any atom is 0.240 e. The summed E-state index contributed by atoms with van der Waals surface area (Å²) >= 11 is 5.47. The summed E-state index contributed by atoms with van der Waals surface area (Å²) in [5, 5.41) is 3.90. The Morgan fingerprint density at radius 2 is 2.00 bits per heavy atom. The van der Waals surface area contributed by atoms with Gasteiger partial charge in [-0.05, 0) is 62.7 Å². The Balaban J connectivity index is 2.03. The van der Waals surface area contributed by atoms with Crippen molar-refractivity contribution in [1.82, 2.24) is 9.62 Å². The number of hydrogen-bond donors (Lipinski definition) is 2. The molecule has 0 unspecified atom stereocenters. The normalized spacial score (nSPS) is 19.0. The van der Waals surface area contributed by atoms with Gasteiger partial charge in [0, 0.05) is 24.8 Å². The second kappa shape index (κ2) is 7.39. The topological polar surface area (TPSA) is 61.4 Å². The van der Waals surface area contributed by atoms with E-state index in [2.05, 4.69) is 21.9 Å². The lowest BCUT2D eigenvalue weighted by molar-refractivity contribution is 0.262. The van der Waals surface area contributed by atoms with E-state index < -0.39 is 10.0 Å². The molecule has 2 N–H and O–H groups in total. The average molecular weight is 342 g/mol. The molecule has 1 aromatic rings. The van der Waals surface area contributed by atoms with Crippen LogP contribution in [0.2, 0.25) is 0 Å². The van der Waals surface area contributed by atoms with Crippen LogP contribution < -0.4 is 10.0 Å². The van der Waals surface area contributed by atoms with Crippen LogP contribution in [0, 0.1) is 0 Å². The van der Waals surface area contributed by atoms with Crippen molar-refractivity contribution >= 4 is 33.0 Å². The third-order valence-electron chi connectivity index (χ3n) is 3.81. The van der Waals surface area contributed by atoms with Crippen molar-refractivity contribution < 1.29 is 8.42 Å². The Kier molecular flexibility index (Phi) is 5.77. The molecule has 1 aliphatic heterocycles. The molecule has 0 spiro atoms. The van der Waals surface area contributed by atoms with Gasteiger partial charge < -0.3 is 10.2 Å². The maximum atomic E-state index is 11.9. The zero-order valence-electron chi connectivity index (χ0n) is 13.0. The summed E-state index contributed by atoms with van der Waals surface area (Å²) in [5.74, 6) is 0. The number of anilines is 1. The molecule has 0 radical (unpaired) electrons. The largest absolute Gasteiger partial charge is 0.346 e. The summed E-state index contributed by atoms with van der Waals surface area (Å²) in [6.07, 6.45) is 3.56. The average Bonchev–Trinajstić information content (AvgIpc) is 2.48. The minimum Gasteiger partial charge on any atom is -0.346 e. The second-order valence-electron chi connectivity index (χ2n) is 5.49. The quantitative estimate of drug-likeness (QED) is 0.824. The van der Waals surface area contributed by atoms with Gasteiger partial charge in [0.05, 0.1) is 4.90 Å². The number of rotatable bonds is 4. The molecular weight excluding hydrogens is 318 g/mol. The van der Waals surface area contributed by atoms with Gasteiger partial charge in [-0.2, -0.15) is 0 Å². The third-order valence-corrected chi connectivity index (χ3v) is 5.71. The monoisotopic (exact) mass is 341 g/mol. The molecule has 0 bridgehead atoms. The highest BCUT2D eigenvalue weighted by molar-refractivity contribution is 7.89. The number of piperidine rings is 1. The lowest BCUT2D eigenvalue weighted by atomic mass is 10.0. The molecule has 1 fully saturated rings. The highest BCUT2D eigenvalue weighted by Gasteiger charge is 2.20. The van der Waals surface area contributed by atoms with Crippen LogP contribution in [-0.2, 0) is 10.0 Å². The van der Waals surface area contributed by atoms with E-state index in [9.17, 15) is 8.42 Å². The fourth-order valence-electron chi connectivity index (χ4n) is 2.59. The number of nitrogens with one attached hydrogen (secondary N) is 2. The fraction of sp³-hybridized carbons (Fsp3) is 0.533. The van der Waals surface area contributed by atoms with Gasteiger partial charge in [-0.15, -0.1) is 0 Å². The summed E-state index contributed by atoms with van der Waals surface area (Å²) in [5.41, 5.74) is 0.804. The van der Waals surface area contributed by atoms with Gasteiger partial charge in [-0.25, -0.2) is 13.1 Å². The Labute approximate surface area is 138 Å². The minimum absolute atomic E-state index is 0.261. The Hall–Kier alpha value is -1.18. The first-order chi connectivity index (χ1) is 10.4. The summed E-state index contributed by atoms with van der Waals surface area (Å²) in [6, 6.07) is 7.10. The van der Waals surface area contributed by atoms with Crippen LogP contribution in [0.5, 0.6) is 0 Å². The molecule has 0 saturated carbocycles. The molecular formula is C15H23N3O2S2. The van der Waals surface area contributed by atoms with Gasteiger partial charge in [0.1, 0.15) is 0 Å². The molecule has 1 aromatic carbocycles. The van der Waals surface area contributed by atoms with Crippen LogP contribution in [0.25, 0.3) is 0 Å². The molecule has 7 heteroatoms. The molecule has 1 atom stereocenters. The summed E-state index contributed by atoms with van der Waals surface area (Å²) < 4.78 is 26.3. The first-order valence-corrected chi connectivity index (χ1v) is 9.50. The molecule has 5 nitrogen and oxygen atoms in total. The molecule has 0 aromatic heterocycles. The van der Waals surface area contributed by atoms with Crippen LogP contribution >= 0.6 is 12.2 Å². The Morgan fingerprint density at radius 3 is 2.59 bits per heavy atom. The predicted octanol–water partition coefficient (Wildman–Crippen LogP) is 2.56. The lowest BCUT2D eigenvalue weighted by Gasteiger charge is -2.35. The van der Waals surface area contributed by atoms with Crippen molar-refractivity contribution in [2.75, 3.05) is 18.4 Å². The van der Waals surface area contributed by atoms with Crippen LogP contribution in [0.1, 0.15) is 33.1 Å². The first kappa shape index (κ1) is 17.2. The van der Waals surface area contributed by atoms with E-state index in [0.717, 1.165) is 25.1 Å². The van der Waals surface area contributed by atoms with E-state index in [0.29, 0.717) is 17.7 Å². The maximum absolute atomic E-state index is 11.9. The zero-order valence-corrected chi connectivity index (χ0v) is 14.6. The highest BCUT2D eigenvalue weighted by atomic mass is 32.2. The fourth-order valence-corrected chi connectivity index (χ4v) is 4.02. The number of hydrogen-bond acceptors (Lipinski definition) is 3. The van der Waals surface area contributed by atoms with E-state index in [1.807, 2.05) is 0 Å². The van der Waals surface area contributed by atoms with Crippen molar-refractivity contribution in [2.24, 2.45) is 0 Å². The molecule has 1 aliphatic rings. The first-order valence-electron chi connectivity index (χ1n) is 7.61. The van der Waals surface area contributed by atoms with E-state index in [1.165, 1.54) is 6.42 Å². The van der Waals surface area contributed by atoms with Crippen LogP contribution in [0.4, 0.5) is 5.69 Å². The van der Waals surface area contributed by atoms with E-state index in [1.54, 1.807) is 31.2 Å². The predicted molar refractivity (Wildman–Crippen MR) is 93.5 cm³/mol. The van der Waals surface area contributed by atoms with Crippen molar-refractivity contribution in [1.29, 1.82) is 0 Å². The van der Waals surface area contributed by atoms with Crippen molar-refractivity contribution in [2.45, 2.75) is 44.0 Å². The van der Waals surface area contributed by atoms with Crippen molar-refractivity contribution in [3.8, 4) is 0 Å². The standard InChI is InChI=1S/C15H23N3O2S2/c1-3-16-22(19,20)14-9-7-13(8-10-14)17-15(21)18-11-5-4-6-12(18)2/h7-10,12,16H,3-6,11H2,1-2H3,(H,17,21)/t12-/m1/s1. The summed E-state index contributed by atoms with van der Waals surface area (Å²) in [4.78, 5) is 2.46. The number of likely N-dealkylation sites (tertiary alicyclic amines) is 1. The molecule has 1 saturated heterocycles.